The van der Waals surface area contributed by atoms with E-state index in [2.05, 4.69) is 31.6 Å². The van der Waals surface area contributed by atoms with Crippen molar-refractivity contribution in [3.8, 4) is 5.75 Å². The lowest BCUT2D eigenvalue weighted by molar-refractivity contribution is -0.145. The number of phenolic OH excluding ortho intramolecular Hbond substituents is 1. The van der Waals surface area contributed by atoms with E-state index < -0.39 is 95.5 Å². The Bertz CT molecular complexity index is 2190. The van der Waals surface area contributed by atoms with Gasteiger partial charge >= 0.3 is 5.97 Å². The molecule has 368 valence electrons. The van der Waals surface area contributed by atoms with E-state index in [1.807, 2.05) is 6.92 Å². The van der Waals surface area contributed by atoms with Gasteiger partial charge in [0.2, 0.25) is 35.4 Å². The Hall–Kier alpha value is -7.02. The number of benzene rings is 3. The summed E-state index contributed by atoms with van der Waals surface area (Å²) in [7, 11) is 0. The van der Waals surface area contributed by atoms with Crippen molar-refractivity contribution in [2.75, 3.05) is 13.1 Å². The Balaban J connectivity index is 1.57. The van der Waals surface area contributed by atoms with Crippen molar-refractivity contribution in [3.63, 3.8) is 0 Å². The van der Waals surface area contributed by atoms with E-state index >= 15 is 0 Å². The number of carboxylic acid groups (broad SMARTS) is 1. The molecule has 19 nitrogen and oxygen atoms in total. The topological polar surface area (TPSA) is 314 Å². The zero-order valence-electron chi connectivity index (χ0n) is 39.2. The molecule has 0 radical (unpaired) electrons. The molecule has 19 heteroatoms. The first-order valence-corrected chi connectivity index (χ1v) is 23.1. The quantitative estimate of drug-likeness (QED) is 0.0323. The molecule has 0 unspecified atom stereocenters. The molecule has 1 aliphatic heterocycles. The van der Waals surface area contributed by atoms with Crippen molar-refractivity contribution in [2.24, 2.45) is 34.0 Å². The molecule has 0 saturated carbocycles. The van der Waals surface area contributed by atoms with Gasteiger partial charge in [-0.1, -0.05) is 107 Å². The molecule has 3 aromatic rings. The van der Waals surface area contributed by atoms with Crippen molar-refractivity contribution < 1.29 is 43.8 Å². The first-order valence-electron chi connectivity index (χ1n) is 23.1. The predicted molar refractivity (Wildman–Crippen MR) is 256 cm³/mol. The van der Waals surface area contributed by atoms with E-state index in [4.69, 9.17) is 17.2 Å². The predicted octanol–water partition coefficient (Wildman–Crippen LogP) is 1.00. The maximum absolute atomic E-state index is 14.6. The molecule has 3 aromatic carbocycles. The molecule has 6 amide bonds. The number of nitrogens with two attached hydrogens (primary N) is 3. The van der Waals surface area contributed by atoms with Gasteiger partial charge in [0.25, 0.3) is 0 Å². The highest BCUT2D eigenvalue weighted by Crippen LogP contribution is 2.21. The average Bonchev–Trinajstić information content (AvgIpc) is 3.81. The molecule has 13 N–H and O–H groups in total. The summed E-state index contributed by atoms with van der Waals surface area (Å²) in [5, 5.41) is 33.8. The molecule has 0 spiro atoms. The minimum atomic E-state index is -1.29. The van der Waals surface area contributed by atoms with Gasteiger partial charge in [0.15, 0.2) is 5.96 Å². The Labute approximate surface area is 397 Å². The highest BCUT2D eigenvalue weighted by Gasteiger charge is 2.40. The fraction of sp³-hybridized carbons (Fsp3) is 0.469. The van der Waals surface area contributed by atoms with Gasteiger partial charge in [-0.2, -0.15) is 0 Å². The summed E-state index contributed by atoms with van der Waals surface area (Å²) < 4.78 is 0. The second-order valence-corrected chi connectivity index (χ2v) is 17.6. The number of guanidine groups is 1. The maximum atomic E-state index is 14.6. The van der Waals surface area contributed by atoms with Crippen LogP contribution < -0.4 is 43.8 Å². The van der Waals surface area contributed by atoms with E-state index in [1.54, 1.807) is 93.6 Å². The summed E-state index contributed by atoms with van der Waals surface area (Å²) in [6.07, 6.45) is 1.78. The molecule has 0 aromatic heterocycles. The summed E-state index contributed by atoms with van der Waals surface area (Å²) in [4.78, 5) is 102. The molecule has 1 aliphatic rings. The van der Waals surface area contributed by atoms with Crippen LogP contribution in [-0.2, 0) is 52.8 Å². The molecular formula is C49H68N10O9. The average molecular weight is 941 g/mol. The minimum absolute atomic E-state index is 0.0162. The van der Waals surface area contributed by atoms with Gasteiger partial charge in [0.05, 0.1) is 6.04 Å². The van der Waals surface area contributed by atoms with Crippen molar-refractivity contribution in [1.82, 2.24) is 31.5 Å². The van der Waals surface area contributed by atoms with Gasteiger partial charge in [-0.3, -0.25) is 33.8 Å². The van der Waals surface area contributed by atoms with Crippen LogP contribution in [0.3, 0.4) is 0 Å². The molecule has 8 atom stereocenters. The number of phenols is 1. The van der Waals surface area contributed by atoms with Crippen molar-refractivity contribution in [2.45, 2.75) is 121 Å². The van der Waals surface area contributed by atoms with E-state index in [0.717, 1.165) is 0 Å². The van der Waals surface area contributed by atoms with E-state index in [1.165, 1.54) is 17.0 Å². The van der Waals surface area contributed by atoms with Crippen LogP contribution in [0.5, 0.6) is 5.75 Å². The maximum Gasteiger partial charge on any atom is 0.326 e. The Kier molecular flexibility index (Phi) is 20.8. The number of carbonyl (C=O) groups is 7. The van der Waals surface area contributed by atoms with Crippen LogP contribution in [0.4, 0.5) is 0 Å². The van der Waals surface area contributed by atoms with Crippen molar-refractivity contribution in [3.05, 3.63) is 102 Å². The Morgan fingerprint density at radius 1 is 0.691 bits per heavy atom. The Morgan fingerprint density at radius 3 is 1.78 bits per heavy atom. The number of aliphatic carboxylic acids is 1. The third-order valence-electron chi connectivity index (χ3n) is 12.0. The summed E-state index contributed by atoms with van der Waals surface area (Å²) in [5.41, 5.74) is 18.9. The number of rotatable bonds is 25. The number of likely N-dealkylation sites (tertiary alicyclic amines) is 1. The normalized spacial score (nSPS) is 16.4. The monoisotopic (exact) mass is 941 g/mol. The van der Waals surface area contributed by atoms with Gasteiger partial charge in [-0.15, -0.1) is 0 Å². The molecule has 1 fully saturated rings. The molecule has 68 heavy (non-hydrogen) atoms. The largest absolute Gasteiger partial charge is 0.508 e. The van der Waals surface area contributed by atoms with E-state index in [0.29, 0.717) is 36.0 Å². The van der Waals surface area contributed by atoms with Crippen LogP contribution >= 0.6 is 0 Å². The summed E-state index contributed by atoms with van der Waals surface area (Å²) >= 11 is 0. The number of hydrogen-bond donors (Lipinski definition) is 10. The Morgan fingerprint density at radius 2 is 1.22 bits per heavy atom. The molecule has 4 rings (SSSR count). The van der Waals surface area contributed by atoms with Crippen LogP contribution in [0.2, 0.25) is 0 Å². The smallest absolute Gasteiger partial charge is 0.326 e. The fourth-order valence-electron chi connectivity index (χ4n) is 7.87. The fourth-order valence-corrected chi connectivity index (χ4v) is 7.87. The SMILES string of the molecule is CC[C@H](C)[C@H](NC(=O)[C@H](Cc1ccc(O)cc1)NC(=O)[C@@H](NC(=O)[C@@H](N)CCCN=C(N)N)C(C)C)C(=O)N[C@@H](Cc1ccccc1)C(=O)N1CCC[C@H]1C(=O)N[C@@H](Cc1ccccc1)C(=O)O. The number of nitrogens with one attached hydrogen (secondary N) is 5. The number of carboxylic acids is 1. The third kappa shape index (κ3) is 16.4. The molecule has 1 heterocycles. The second-order valence-electron chi connectivity index (χ2n) is 17.6. The van der Waals surface area contributed by atoms with Gasteiger partial charge in [-0.25, -0.2) is 4.79 Å². The van der Waals surface area contributed by atoms with Crippen LogP contribution in [-0.4, -0.2) is 118 Å². The summed E-state index contributed by atoms with van der Waals surface area (Å²) in [6, 6.07) is 15.8. The highest BCUT2D eigenvalue weighted by molar-refractivity contribution is 5.97. The van der Waals surface area contributed by atoms with Crippen LogP contribution in [0.1, 0.15) is 76.5 Å². The van der Waals surface area contributed by atoms with Crippen molar-refractivity contribution in [1.29, 1.82) is 0 Å². The molecule has 1 saturated heterocycles. The lowest BCUT2D eigenvalue weighted by atomic mass is 9.95. The minimum Gasteiger partial charge on any atom is -0.508 e. The number of aromatic hydroxyl groups is 1. The second kappa shape index (κ2) is 26.4. The number of nitrogens with zero attached hydrogens (tertiary/aromatic N) is 2. The zero-order valence-corrected chi connectivity index (χ0v) is 39.2. The number of amides is 6. The van der Waals surface area contributed by atoms with Crippen LogP contribution in [0.25, 0.3) is 0 Å². The lowest BCUT2D eigenvalue weighted by Crippen LogP contribution is -2.61. The third-order valence-corrected chi connectivity index (χ3v) is 12.0. The lowest BCUT2D eigenvalue weighted by Gasteiger charge is -2.32. The first-order chi connectivity index (χ1) is 32.4. The number of aliphatic imine (C=N–C) groups is 1. The van der Waals surface area contributed by atoms with Crippen LogP contribution in [0, 0.1) is 11.8 Å². The highest BCUT2D eigenvalue weighted by atomic mass is 16.4. The van der Waals surface area contributed by atoms with E-state index in [-0.39, 0.29) is 56.9 Å². The number of hydrogen-bond acceptors (Lipinski definition) is 10. The first kappa shape index (κ1) is 53.6. The van der Waals surface area contributed by atoms with Gasteiger partial charge in [0, 0.05) is 32.4 Å². The number of carbonyl (C=O) groups excluding carboxylic acids is 6. The van der Waals surface area contributed by atoms with Gasteiger partial charge < -0.3 is 58.9 Å². The van der Waals surface area contributed by atoms with Crippen LogP contribution in [0.15, 0.2) is 89.9 Å². The van der Waals surface area contributed by atoms with Gasteiger partial charge in [-0.05, 0) is 66.3 Å². The summed E-state index contributed by atoms with van der Waals surface area (Å²) in [6.45, 7) is 7.46. The molecule has 0 bridgehead atoms. The van der Waals surface area contributed by atoms with E-state index in [9.17, 15) is 43.8 Å². The molecule has 0 aliphatic carbocycles. The van der Waals surface area contributed by atoms with Gasteiger partial charge in [0.1, 0.15) is 42.0 Å². The standard InChI is InChI=1S/C49H68N10O9/c1-5-30(4)41(58-43(62)36(26-33-20-22-34(60)23-21-33)54-45(64)40(29(2)3)57-42(61)35(50)18-12-24-53-49(51)52)46(65)55-37(27-31-14-8-6-9-15-31)47(66)59-25-13-19-39(59)44(63)56-38(48(67)68)28-32-16-10-7-11-17-32/h6-11,14-17,20-23,29-30,35-41,60H,5,12-13,18-19,24-28,50H2,1-4H3,(H,54,64)(H,55,65)(H,56,63)(H,57,61)(H,58,62)(H,67,68)(H4,51,52,53)/t30-,35-,36-,37-,38-,39-,40-,41-/m0/s1. The molecular weight excluding hydrogens is 873 g/mol. The van der Waals surface area contributed by atoms with Crippen molar-refractivity contribution >= 4 is 47.4 Å². The summed E-state index contributed by atoms with van der Waals surface area (Å²) in [5.74, 6) is -6.16. The zero-order chi connectivity index (χ0) is 49.9.